The monoisotopic (exact) mass is 434 g/mol. The van der Waals surface area contributed by atoms with Gasteiger partial charge in [0.05, 0.1) is 14.3 Å². The van der Waals surface area contributed by atoms with E-state index in [9.17, 15) is 0 Å². The largest absolute Gasteiger partial charge is 0.493 e. The molecule has 1 atom stereocenters. The van der Waals surface area contributed by atoms with Gasteiger partial charge in [-0.3, -0.25) is 0 Å². The lowest BCUT2D eigenvalue weighted by Gasteiger charge is -2.19. The number of fused-ring (bicyclic) bond motifs is 1. The van der Waals surface area contributed by atoms with E-state index in [1.165, 1.54) is 19.6 Å². The van der Waals surface area contributed by atoms with Gasteiger partial charge >= 0.3 is 0 Å². The van der Waals surface area contributed by atoms with Crippen LogP contribution >= 0.6 is 49.9 Å². The molecule has 1 aliphatic heterocycles. The first kappa shape index (κ1) is 12.9. The lowest BCUT2D eigenvalue weighted by atomic mass is 10.00. The van der Waals surface area contributed by atoms with E-state index in [2.05, 4.69) is 68.2 Å². The molecule has 2 aromatic rings. The molecule has 0 radical (unpaired) electrons. The summed E-state index contributed by atoms with van der Waals surface area (Å²) in [6.07, 6.45) is 2.25. The van der Waals surface area contributed by atoms with E-state index in [1.54, 1.807) is 11.3 Å². The summed E-state index contributed by atoms with van der Waals surface area (Å²) in [5.74, 6) is 1.06. The van der Waals surface area contributed by atoms with Crippen LogP contribution in [-0.2, 0) is 6.42 Å². The van der Waals surface area contributed by atoms with Gasteiger partial charge in [0.25, 0.3) is 0 Å². The van der Waals surface area contributed by atoms with Crippen LogP contribution < -0.4 is 4.74 Å². The van der Waals surface area contributed by atoms with Gasteiger partial charge in [0.15, 0.2) is 0 Å². The van der Waals surface area contributed by atoms with E-state index in [0.717, 1.165) is 25.2 Å². The van der Waals surface area contributed by atoms with Gasteiger partial charge in [0.1, 0.15) is 5.75 Å². The van der Waals surface area contributed by atoms with Gasteiger partial charge in [-0.2, -0.15) is 0 Å². The Bertz CT molecular complexity index is 567. The molecule has 0 fully saturated rings. The van der Waals surface area contributed by atoms with E-state index in [4.69, 9.17) is 4.74 Å². The van der Waals surface area contributed by atoms with E-state index in [-0.39, 0.29) is 4.83 Å². The molecule has 18 heavy (non-hydrogen) atoms. The van der Waals surface area contributed by atoms with Gasteiger partial charge in [-0.1, -0.05) is 28.1 Å². The normalized spacial score (nSPS) is 15.9. The van der Waals surface area contributed by atoms with E-state index in [1.807, 2.05) is 0 Å². The Hall–Kier alpha value is -0.0700. The van der Waals surface area contributed by atoms with Gasteiger partial charge in [-0.25, -0.2) is 0 Å². The summed E-state index contributed by atoms with van der Waals surface area (Å²) in [6, 6.07) is 8.78. The summed E-state index contributed by atoms with van der Waals surface area (Å²) in [6.45, 7) is 0.854. The minimum atomic E-state index is 0.282. The SMILES string of the molecule is BrC(c1csc(I)c1)c1ccc2c(c1)CCCO2. The van der Waals surface area contributed by atoms with Crippen molar-refractivity contribution in [1.29, 1.82) is 0 Å². The zero-order chi connectivity index (χ0) is 12.5. The van der Waals surface area contributed by atoms with Gasteiger partial charge < -0.3 is 4.74 Å². The third kappa shape index (κ3) is 2.60. The Labute approximate surface area is 133 Å². The van der Waals surface area contributed by atoms with Crippen LogP contribution in [0.15, 0.2) is 29.6 Å². The number of alkyl halides is 1. The minimum absolute atomic E-state index is 0.282. The molecule has 1 unspecified atom stereocenters. The molecule has 3 rings (SSSR count). The first-order valence-corrected chi connectivity index (χ1v) is 8.75. The average molecular weight is 435 g/mol. The number of ether oxygens (including phenoxy) is 1. The summed E-state index contributed by atoms with van der Waals surface area (Å²) in [4.78, 5) is 0.282. The number of thiophene rings is 1. The van der Waals surface area contributed by atoms with Crippen LogP contribution in [0.3, 0.4) is 0 Å². The van der Waals surface area contributed by atoms with Crippen molar-refractivity contribution in [3.05, 3.63) is 49.2 Å². The van der Waals surface area contributed by atoms with Crippen molar-refractivity contribution in [2.45, 2.75) is 17.7 Å². The molecule has 1 aromatic heterocycles. The molecule has 94 valence electrons. The van der Waals surface area contributed by atoms with Crippen LogP contribution in [0, 0.1) is 2.88 Å². The number of rotatable bonds is 2. The average Bonchev–Trinajstić information content (AvgIpc) is 2.84. The third-order valence-corrected chi connectivity index (χ3v) is 5.97. The minimum Gasteiger partial charge on any atom is -0.493 e. The Kier molecular flexibility index (Phi) is 3.96. The molecule has 0 saturated heterocycles. The molecule has 0 bridgehead atoms. The topological polar surface area (TPSA) is 9.23 Å². The van der Waals surface area contributed by atoms with Gasteiger partial charge in [-0.15, -0.1) is 11.3 Å². The van der Waals surface area contributed by atoms with Crippen molar-refractivity contribution < 1.29 is 4.74 Å². The van der Waals surface area contributed by atoms with Crippen molar-refractivity contribution in [2.75, 3.05) is 6.61 Å². The van der Waals surface area contributed by atoms with Crippen molar-refractivity contribution in [2.24, 2.45) is 0 Å². The molecule has 4 heteroatoms. The summed E-state index contributed by atoms with van der Waals surface area (Å²) in [5.41, 5.74) is 3.99. The highest BCUT2D eigenvalue weighted by Gasteiger charge is 2.16. The van der Waals surface area contributed by atoms with Crippen LogP contribution in [-0.4, -0.2) is 6.61 Å². The molecule has 1 nitrogen and oxygen atoms in total. The molecule has 0 saturated carbocycles. The number of benzene rings is 1. The maximum absolute atomic E-state index is 5.65. The molecule has 2 heterocycles. The number of halogens is 2. The second kappa shape index (κ2) is 5.51. The number of aryl methyl sites for hydroxylation is 1. The quantitative estimate of drug-likeness (QED) is 0.468. The highest BCUT2D eigenvalue weighted by Crippen LogP contribution is 2.36. The van der Waals surface area contributed by atoms with Gasteiger partial charge in [0, 0.05) is 0 Å². The Morgan fingerprint density at radius 1 is 1.28 bits per heavy atom. The molecule has 0 aliphatic carbocycles. The third-order valence-electron chi connectivity index (χ3n) is 3.11. The fraction of sp³-hybridized carbons (Fsp3) is 0.286. The van der Waals surface area contributed by atoms with Crippen molar-refractivity contribution in [1.82, 2.24) is 0 Å². The maximum atomic E-state index is 5.65. The molecular weight excluding hydrogens is 423 g/mol. The van der Waals surface area contributed by atoms with Crippen LogP contribution in [0.2, 0.25) is 0 Å². The highest BCUT2D eigenvalue weighted by molar-refractivity contribution is 14.1. The van der Waals surface area contributed by atoms with Gasteiger partial charge in [0.2, 0.25) is 0 Å². The lowest BCUT2D eigenvalue weighted by molar-refractivity contribution is 0.288. The summed E-state index contributed by atoms with van der Waals surface area (Å²) < 4.78 is 6.98. The summed E-state index contributed by atoms with van der Waals surface area (Å²) in [5, 5.41) is 2.22. The fourth-order valence-electron chi connectivity index (χ4n) is 2.19. The van der Waals surface area contributed by atoms with E-state index < -0.39 is 0 Å². The van der Waals surface area contributed by atoms with Gasteiger partial charge in [-0.05, 0) is 69.6 Å². The number of hydrogen-bond acceptors (Lipinski definition) is 2. The second-order valence-electron chi connectivity index (χ2n) is 4.37. The highest BCUT2D eigenvalue weighted by atomic mass is 127. The van der Waals surface area contributed by atoms with Crippen LogP contribution in [0.1, 0.15) is 27.9 Å². The first-order chi connectivity index (χ1) is 8.74. The van der Waals surface area contributed by atoms with Crippen molar-refractivity contribution in [3.63, 3.8) is 0 Å². The molecule has 0 spiro atoms. The standard InChI is InChI=1S/C14H12BrIOS/c15-14(11-7-13(16)18-8-11)10-3-4-12-9(6-10)2-1-5-17-12/h3-4,6-8,14H,1-2,5H2. The molecule has 1 aromatic carbocycles. The van der Waals surface area contributed by atoms with E-state index in [0.29, 0.717) is 0 Å². The smallest absolute Gasteiger partial charge is 0.122 e. The predicted octanol–water partition coefficient (Wildman–Crippen LogP) is 5.16. The summed E-state index contributed by atoms with van der Waals surface area (Å²) >= 11 is 7.95. The van der Waals surface area contributed by atoms with Crippen LogP contribution in [0.25, 0.3) is 0 Å². The summed E-state index contributed by atoms with van der Waals surface area (Å²) in [7, 11) is 0. The van der Waals surface area contributed by atoms with Crippen molar-refractivity contribution >= 4 is 49.9 Å². The Balaban J connectivity index is 1.92. The Morgan fingerprint density at radius 3 is 2.94 bits per heavy atom. The molecule has 1 aliphatic rings. The lowest BCUT2D eigenvalue weighted by Crippen LogP contribution is -2.08. The van der Waals surface area contributed by atoms with Crippen LogP contribution in [0.5, 0.6) is 5.75 Å². The molecule has 0 amide bonds. The molecular formula is C14H12BrIOS. The molecule has 0 N–H and O–H groups in total. The van der Waals surface area contributed by atoms with Crippen LogP contribution in [0.4, 0.5) is 0 Å². The second-order valence-corrected chi connectivity index (χ2v) is 8.09. The van der Waals surface area contributed by atoms with Crippen molar-refractivity contribution in [3.8, 4) is 5.75 Å². The number of hydrogen-bond donors (Lipinski definition) is 0. The zero-order valence-corrected chi connectivity index (χ0v) is 14.2. The zero-order valence-electron chi connectivity index (χ0n) is 9.66. The predicted molar refractivity (Wildman–Crippen MR) is 88.1 cm³/mol. The van der Waals surface area contributed by atoms with E-state index >= 15 is 0 Å². The Morgan fingerprint density at radius 2 is 2.17 bits per heavy atom. The fourth-order valence-corrected chi connectivity index (χ4v) is 4.31. The first-order valence-electron chi connectivity index (χ1n) is 5.87. The maximum Gasteiger partial charge on any atom is 0.122 e.